The second-order valence-electron chi connectivity index (χ2n) is 5.55. The molecule has 1 aromatic rings. The van der Waals surface area contributed by atoms with Gasteiger partial charge in [0.2, 0.25) is 0 Å². The number of nitrogens with zero attached hydrogens (tertiary/aromatic N) is 1. The highest BCUT2D eigenvalue weighted by atomic mass is 19.3. The first-order chi connectivity index (χ1) is 9.44. The predicted octanol–water partition coefficient (Wildman–Crippen LogP) is 2.01. The first-order valence-electron chi connectivity index (χ1n) is 6.78. The lowest BCUT2D eigenvalue weighted by Crippen LogP contribution is -2.27. The van der Waals surface area contributed by atoms with E-state index < -0.39 is 5.92 Å². The van der Waals surface area contributed by atoms with Gasteiger partial charge in [-0.25, -0.2) is 8.78 Å². The summed E-state index contributed by atoms with van der Waals surface area (Å²) in [5.74, 6) is -2.81. The van der Waals surface area contributed by atoms with Crippen molar-refractivity contribution in [1.29, 1.82) is 0 Å². The minimum atomic E-state index is -2.66. The molecule has 2 fully saturated rings. The highest BCUT2D eigenvalue weighted by Gasteiger charge is 2.38. The number of hydrogen-bond acceptors (Lipinski definition) is 3. The zero-order chi connectivity index (χ0) is 14.3. The molecule has 6 heteroatoms. The summed E-state index contributed by atoms with van der Waals surface area (Å²) >= 11 is 0. The summed E-state index contributed by atoms with van der Waals surface area (Å²) in [5.41, 5.74) is 7.32. The van der Waals surface area contributed by atoms with E-state index >= 15 is 0 Å². The Kier molecular flexibility index (Phi) is 3.03. The molecule has 1 heterocycles. The van der Waals surface area contributed by atoms with Crippen LogP contribution in [-0.4, -0.2) is 31.0 Å². The van der Waals surface area contributed by atoms with E-state index in [0.717, 1.165) is 12.8 Å². The van der Waals surface area contributed by atoms with E-state index in [4.69, 9.17) is 5.73 Å². The van der Waals surface area contributed by atoms with Crippen LogP contribution >= 0.6 is 0 Å². The Morgan fingerprint density at radius 3 is 2.70 bits per heavy atom. The summed E-state index contributed by atoms with van der Waals surface area (Å²) in [6.07, 6.45) is 1.88. The van der Waals surface area contributed by atoms with Crippen molar-refractivity contribution in [3.8, 4) is 0 Å². The molecule has 108 valence electrons. The Bertz CT molecular complexity index is 543. The van der Waals surface area contributed by atoms with Gasteiger partial charge in [0, 0.05) is 24.6 Å². The molecule has 1 saturated carbocycles. The van der Waals surface area contributed by atoms with Crippen molar-refractivity contribution in [2.45, 2.75) is 31.2 Å². The van der Waals surface area contributed by atoms with Gasteiger partial charge in [-0.1, -0.05) is 0 Å². The fourth-order valence-electron chi connectivity index (χ4n) is 2.42. The fraction of sp³-hybridized carbons (Fsp3) is 0.500. The van der Waals surface area contributed by atoms with Crippen LogP contribution in [0.4, 0.5) is 20.2 Å². The third-order valence-electron chi connectivity index (χ3n) is 3.71. The number of nitrogens with one attached hydrogen (secondary N) is 1. The Balaban J connectivity index is 1.75. The van der Waals surface area contributed by atoms with Crippen molar-refractivity contribution in [3.05, 3.63) is 23.8 Å². The third kappa shape index (κ3) is 2.69. The van der Waals surface area contributed by atoms with Crippen LogP contribution in [0.3, 0.4) is 0 Å². The van der Waals surface area contributed by atoms with E-state index in [-0.39, 0.29) is 31.5 Å². The average Bonchev–Trinajstić information content (AvgIpc) is 3.11. The van der Waals surface area contributed by atoms with Crippen molar-refractivity contribution in [1.82, 2.24) is 5.32 Å². The average molecular weight is 281 g/mol. The summed E-state index contributed by atoms with van der Waals surface area (Å²) < 4.78 is 26.4. The molecular formula is C14H17F2N3O. The topological polar surface area (TPSA) is 58.4 Å². The largest absolute Gasteiger partial charge is 0.397 e. The second-order valence-corrected chi connectivity index (χ2v) is 5.55. The molecule has 0 unspecified atom stereocenters. The van der Waals surface area contributed by atoms with E-state index in [1.165, 1.54) is 0 Å². The van der Waals surface area contributed by atoms with Gasteiger partial charge in [0.05, 0.1) is 17.9 Å². The smallest absolute Gasteiger partial charge is 0.266 e. The molecule has 2 aliphatic rings. The molecule has 1 saturated heterocycles. The van der Waals surface area contributed by atoms with Gasteiger partial charge >= 0.3 is 0 Å². The van der Waals surface area contributed by atoms with Crippen molar-refractivity contribution in [3.63, 3.8) is 0 Å². The first-order valence-corrected chi connectivity index (χ1v) is 6.78. The van der Waals surface area contributed by atoms with Gasteiger partial charge in [-0.3, -0.25) is 4.79 Å². The minimum Gasteiger partial charge on any atom is -0.397 e. The lowest BCUT2D eigenvalue weighted by molar-refractivity contribution is 0.0257. The SMILES string of the molecule is Nc1cc(C(=O)NC2CC2)ccc1N1CCC(F)(F)C1. The summed E-state index contributed by atoms with van der Waals surface area (Å²) in [5, 5.41) is 2.87. The van der Waals surface area contributed by atoms with E-state index in [0.29, 0.717) is 16.9 Å². The number of amides is 1. The van der Waals surface area contributed by atoms with Crippen LogP contribution in [0.1, 0.15) is 29.6 Å². The van der Waals surface area contributed by atoms with E-state index in [2.05, 4.69) is 5.32 Å². The Morgan fingerprint density at radius 1 is 1.40 bits per heavy atom. The van der Waals surface area contributed by atoms with E-state index in [1.54, 1.807) is 23.1 Å². The standard InChI is InChI=1S/C14H17F2N3O/c15-14(16)5-6-19(8-14)12-4-1-9(7-11(12)17)13(20)18-10-2-3-10/h1,4,7,10H,2-3,5-6,8,17H2,(H,18,20). The molecule has 1 aliphatic heterocycles. The number of hydrogen-bond donors (Lipinski definition) is 2. The lowest BCUT2D eigenvalue weighted by Gasteiger charge is -2.20. The highest BCUT2D eigenvalue weighted by Crippen LogP contribution is 2.34. The van der Waals surface area contributed by atoms with Crippen LogP contribution in [0.2, 0.25) is 0 Å². The molecule has 1 amide bonds. The number of rotatable bonds is 3. The van der Waals surface area contributed by atoms with Gasteiger partial charge in [0.25, 0.3) is 11.8 Å². The Morgan fingerprint density at radius 2 is 2.15 bits per heavy atom. The molecule has 0 spiro atoms. The van der Waals surface area contributed by atoms with Crippen molar-refractivity contribution in [2.24, 2.45) is 0 Å². The number of benzene rings is 1. The van der Waals surface area contributed by atoms with Crippen LogP contribution in [0.25, 0.3) is 0 Å². The normalized spacial score (nSPS) is 21.0. The molecule has 3 rings (SSSR count). The monoisotopic (exact) mass is 281 g/mol. The van der Waals surface area contributed by atoms with Crippen LogP contribution in [0.5, 0.6) is 0 Å². The molecule has 20 heavy (non-hydrogen) atoms. The van der Waals surface area contributed by atoms with Crippen molar-refractivity contribution >= 4 is 17.3 Å². The summed E-state index contributed by atoms with van der Waals surface area (Å²) in [6.45, 7) is -0.0321. The molecule has 0 bridgehead atoms. The first kappa shape index (κ1) is 13.1. The molecule has 4 nitrogen and oxygen atoms in total. The number of halogens is 2. The highest BCUT2D eigenvalue weighted by molar-refractivity contribution is 5.96. The molecule has 0 aromatic heterocycles. The van der Waals surface area contributed by atoms with Gasteiger partial charge in [-0.2, -0.15) is 0 Å². The maximum absolute atomic E-state index is 13.2. The number of carbonyl (C=O) groups excluding carboxylic acids is 1. The van der Waals surface area contributed by atoms with Crippen LogP contribution in [0.15, 0.2) is 18.2 Å². The van der Waals surface area contributed by atoms with Gasteiger partial charge < -0.3 is 16.0 Å². The van der Waals surface area contributed by atoms with Gasteiger partial charge in [-0.05, 0) is 31.0 Å². The Hall–Kier alpha value is -1.85. The third-order valence-corrected chi connectivity index (χ3v) is 3.71. The van der Waals surface area contributed by atoms with Gasteiger partial charge in [0.1, 0.15) is 0 Å². The Labute approximate surface area is 115 Å². The molecule has 3 N–H and O–H groups in total. The quantitative estimate of drug-likeness (QED) is 0.833. The van der Waals surface area contributed by atoms with E-state index in [9.17, 15) is 13.6 Å². The number of anilines is 2. The molecular weight excluding hydrogens is 264 g/mol. The van der Waals surface area contributed by atoms with Crippen LogP contribution < -0.4 is 16.0 Å². The number of carbonyl (C=O) groups is 1. The van der Waals surface area contributed by atoms with Crippen molar-refractivity contribution in [2.75, 3.05) is 23.7 Å². The summed E-state index contributed by atoms with van der Waals surface area (Å²) in [7, 11) is 0. The minimum absolute atomic E-state index is 0.155. The molecule has 1 aromatic carbocycles. The lowest BCUT2D eigenvalue weighted by atomic mass is 10.1. The second kappa shape index (κ2) is 4.61. The van der Waals surface area contributed by atoms with Crippen molar-refractivity contribution < 1.29 is 13.6 Å². The van der Waals surface area contributed by atoms with E-state index in [1.807, 2.05) is 0 Å². The number of alkyl halides is 2. The predicted molar refractivity (Wildman–Crippen MR) is 73.1 cm³/mol. The van der Waals surface area contributed by atoms with Crippen LogP contribution in [0, 0.1) is 0 Å². The number of nitrogens with two attached hydrogens (primary N) is 1. The fourth-order valence-corrected chi connectivity index (χ4v) is 2.42. The number of nitrogen functional groups attached to an aromatic ring is 1. The zero-order valence-corrected chi connectivity index (χ0v) is 11.0. The maximum Gasteiger partial charge on any atom is 0.266 e. The van der Waals surface area contributed by atoms with Crippen LogP contribution in [-0.2, 0) is 0 Å². The van der Waals surface area contributed by atoms with Gasteiger partial charge in [0.15, 0.2) is 0 Å². The molecule has 0 radical (unpaired) electrons. The summed E-state index contributed by atoms with van der Waals surface area (Å²) in [4.78, 5) is 13.5. The zero-order valence-electron chi connectivity index (χ0n) is 11.0. The summed E-state index contributed by atoms with van der Waals surface area (Å²) in [6, 6.07) is 5.13. The maximum atomic E-state index is 13.2. The molecule has 0 atom stereocenters. The molecule has 1 aliphatic carbocycles. The van der Waals surface area contributed by atoms with Gasteiger partial charge in [-0.15, -0.1) is 0 Å².